The quantitative estimate of drug-likeness (QED) is 0.457. The van der Waals surface area contributed by atoms with Gasteiger partial charge in [0.15, 0.2) is 17.9 Å². The first-order valence-corrected chi connectivity index (χ1v) is 3.30. The standard InChI is InChI=1S/C8H6FNO3.33Y/c9-6-2-4(8(10)13)1-5(3-11)7(6)12;;;;;;;;;;;;;;;;;;;;;;;;;;;;;;;;;/h1-3H,(H3,10,11,12,13);;;;;;;;;;;;;;;;;;;;;;;;;;;;;;;;;/p-1. The van der Waals surface area contributed by atoms with E-state index < -0.39 is 17.5 Å². The molecular formula is C8H5FNO3Y33-. The van der Waals surface area contributed by atoms with Crippen LogP contribution in [-0.4, -0.2) is 17.3 Å². The molecule has 0 spiro atoms. The van der Waals surface area contributed by atoms with Crippen molar-refractivity contribution in [3.8, 4) is 5.75 Å². The van der Waals surface area contributed by atoms with Gasteiger partial charge in [-0.25, -0.2) is 4.39 Å². The summed E-state index contributed by atoms with van der Waals surface area (Å²) in [5, 5.41) is 8.93. The monoisotopic (exact) mass is 3120 g/mol. The fraction of sp³-hybridized carbons (Fsp3) is 0. The molecule has 2 N–H and O–H groups in total. The van der Waals surface area contributed by atoms with Crippen molar-refractivity contribution in [1.82, 2.24) is 0 Å². The van der Waals surface area contributed by atoms with Crippen LogP contribution in [0.2, 0.25) is 0 Å². The molecule has 1 rings (SSSR count). The average Bonchev–Trinajstić information content (AvgIpc) is 2.09. The molecule has 0 atom stereocenters. The molecule has 33 radical (unpaired) electrons. The van der Waals surface area contributed by atoms with Crippen LogP contribution < -0.4 is 0 Å². The first kappa shape index (κ1) is 225. The maximum Gasteiger partial charge on any atom is 0.166 e. The molecule has 0 aromatic heterocycles. The molecule has 0 heterocycles. The van der Waals surface area contributed by atoms with E-state index in [-0.39, 0.29) is 1100 Å². The molecule has 0 aliphatic heterocycles. The van der Waals surface area contributed by atoms with E-state index in [9.17, 15) is 14.0 Å². The predicted molar refractivity (Wildman–Crippen MR) is 42.1 cm³/mol. The van der Waals surface area contributed by atoms with Crippen molar-refractivity contribution in [3.05, 3.63) is 34.8 Å². The number of benzene rings is 1. The third-order valence-electron chi connectivity index (χ3n) is 1.48. The van der Waals surface area contributed by atoms with Crippen molar-refractivity contribution in [2.45, 2.75) is 0 Å². The Bertz CT molecular complexity index is 415. The zero-order valence-electron chi connectivity index (χ0n) is 25.4. The number of carbonyl (C=O) groups is 2. The number of carbonyl (C=O) groups excluding carboxylic acids is 2. The van der Waals surface area contributed by atoms with Crippen LogP contribution >= 0.6 is 0 Å². The Morgan fingerprint density at radius 2 is 0.630 bits per heavy atom. The summed E-state index contributed by atoms with van der Waals surface area (Å²) in [5.41, 5.74) is 6.05. The number of hydrogen-bond donors (Lipinski definition) is 1. The molecule has 0 saturated heterocycles. The third kappa shape index (κ3) is 148. The summed E-state index contributed by atoms with van der Waals surface area (Å²) in [7, 11) is 0. The van der Waals surface area contributed by atoms with Crippen molar-refractivity contribution >= 4 is 12.2 Å². The molecule has 1 aromatic carbocycles. The summed E-state index contributed by atoms with van der Waals surface area (Å²) >= 11 is 0. The molecule has 167 valence electrons. The number of rotatable bonds is 2. The van der Waals surface area contributed by atoms with Crippen molar-refractivity contribution in [1.29, 1.82) is 0 Å². The second-order valence-electron chi connectivity index (χ2n) is 2.34. The first-order valence-electron chi connectivity index (χ1n) is 3.30. The second-order valence-corrected chi connectivity index (χ2v) is 2.34. The molecular weight excluding hydrogens is 3110 g/mol. The molecule has 1 aromatic rings. The Kier molecular flexibility index (Phi) is 871. The summed E-state index contributed by atoms with van der Waals surface area (Å²) in [5.74, 6) is -3.00. The number of nitrogens with one attached hydrogen (secondary N) is 1. The van der Waals surface area contributed by atoms with Gasteiger partial charge in [0.25, 0.3) is 0 Å². The Hall–Kier alpha value is 34.5. The minimum atomic E-state index is -1.11. The van der Waals surface area contributed by atoms with Gasteiger partial charge in [-0.05, 0) is 12.1 Å². The topological polar surface area (TPSA) is 78.2 Å². The van der Waals surface area contributed by atoms with Gasteiger partial charge < -0.3 is 15.6 Å². The first-order chi connectivity index (χ1) is 6.06. The zero-order chi connectivity index (χ0) is 10.0. The summed E-state index contributed by atoms with van der Waals surface area (Å²) in [6, 6.07) is 1.67. The minimum absolute atomic E-state index is 0. The molecule has 0 fully saturated rings. The van der Waals surface area contributed by atoms with Gasteiger partial charge in [0.2, 0.25) is 0 Å². The van der Waals surface area contributed by atoms with E-state index in [0.29, 0.717) is 6.07 Å². The Labute approximate surface area is 1110 Å². The van der Waals surface area contributed by atoms with Gasteiger partial charge >= 0.3 is 0 Å². The number of aldehydes is 1. The van der Waals surface area contributed by atoms with Gasteiger partial charge in [-0.3, -0.25) is 4.79 Å². The van der Waals surface area contributed by atoms with Gasteiger partial charge in [0.1, 0.15) is 0 Å². The van der Waals surface area contributed by atoms with Crippen LogP contribution in [-0.2, 0) is 1080 Å². The SMILES string of the molecule is [NH-]C(=O)c1cc(F)c(O)c(C=O)c1.[Y].[Y].[Y].[Y].[Y].[Y].[Y].[Y].[Y].[Y].[Y].[Y].[Y].[Y].[Y].[Y].[Y].[Y].[Y].[Y].[Y].[Y].[Y].[Y].[Y].[Y].[Y].[Y].[Y].[Y].[Y].[Y].[Y]. The normalized spacial score (nSPS) is 2.72. The summed E-state index contributed by atoms with van der Waals surface area (Å²) in [6.07, 6.45) is 0.213. The van der Waals surface area contributed by atoms with Crippen LogP contribution in [0.15, 0.2) is 12.1 Å². The molecule has 0 unspecified atom stereocenters. The molecule has 4 nitrogen and oxygen atoms in total. The van der Waals surface area contributed by atoms with Gasteiger partial charge in [-0.1, -0.05) is 0 Å². The minimum Gasteiger partial charge on any atom is -0.664 e. The Balaban J connectivity index is -0.00000000165. The molecule has 0 bridgehead atoms. The fourth-order valence-electron chi connectivity index (χ4n) is 0.841. The molecule has 0 aliphatic carbocycles. The van der Waals surface area contributed by atoms with E-state index in [2.05, 4.69) is 0 Å². The number of phenols is 1. The van der Waals surface area contributed by atoms with Crippen LogP contribution in [0.4, 0.5) is 4.39 Å². The van der Waals surface area contributed by atoms with Crippen molar-refractivity contribution in [2.24, 2.45) is 0 Å². The number of aromatic hydroxyl groups is 1. The fourth-order valence-corrected chi connectivity index (χ4v) is 0.841. The summed E-state index contributed by atoms with van der Waals surface area (Å²) in [4.78, 5) is 20.7. The number of hydrogen-bond acceptors (Lipinski definition) is 3. The van der Waals surface area contributed by atoms with Crippen molar-refractivity contribution in [3.63, 3.8) is 0 Å². The third-order valence-corrected chi connectivity index (χ3v) is 1.48. The van der Waals surface area contributed by atoms with E-state index in [1.807, 2.05) is 0 Å². The number of phenolic OH excluding ortho intramolecular Hbond substituents is 1. The van der Waals surface area contributed by atoms with E-state index in [1.165, 1.54) is 0 Å². The summed E-state index contributed by atoms with van der Waals surface area (Å²) < 4.78 is 12.7. The molecule has 0 aliphatic rings. The van der Waals surface area contributed by atoms with Gasteiger partial charge in [-0.2, -0.15) is 0 Å². The zero-order valence-corrected chi connectivity index (χ0v) is 119. The van der Waals surface area contributed by atoms with Crippen molar-refractivity contribution < 1.29 is 1100 Å². The van der Waals surface area contributed by atoms with E-state index in [4.69, 9.17) is 10.8 Å². The van der Waals surface area contributed by atoms with Crippen LogP contribution in [0.3, 0.4) is 0 Å². The van der Waals surface area contributed by atoms with Crippen LogP contribution in [0.1, 0.15) is 20.7 Å². The van der Waals surface area contributed by atoms with E-state index in [1.54, 1.807) is 0 Å². The molecule has 1 amide bonds. The number of amides is 1. The Morgan fingerprint density at radius 1 is 0.457 bits per heavy atom. The average molecular weight is 3120 g/mol. The van der Waals surface area contributed by atoms with Crippen molar-refractivity contribution in [2.75, 3.05) is 0 Å². The largest absolute Gasteiger partial charge is 0.664 e. The van der Waals surface area contributed by atoms with Gasteiger partial charge in [0, 0.05) is 1080 Å². The predicted octanol–water partition coefficient (Wildman–Crippen LogP) is 1.45. The van der Waals surface area contributed by atoms with E-state index in [0.717, 1.165) is 6.07 Å². The van der Waals surface area contributed by atoms with E-state index >= 15 is 0 Å². The maximum atomic E-state index is 12.7. The maximum absolute atomic E-state index is 12.7. The molecule has 0 saturated carbocycles. The van der Waals surface area contributed by atoms with Crippen LogP contribution in [0, 0.1) is 5.82 Å². The summed E-state index contributed by atoms with van der Waals surface area (Å²) in [6.45, 7) is 0. The van der Waals surface area contributed by atoms with Gasteiger partial charge in [0.05, 0.1) is 11.5 Å². The van der Waals surface area contributed by atoms with Crippen LogP contribution in [0.5, 0.6) is 5.75 Å². The van der Waals surface area contributed by atoms with Crippen LogP contribution in [0.25, 0.3) is 5.73 Å². The second kappa shape index (κ2) is 178. The Morgan fingerprint density at radius 3 is 0.761 bits per heavy atom. The number of halogens is 1. The van der Waals surface area contributed by atoms with Gasteiger partial charge in [-0.15, -0.1) is 0 Å². The molecule has 46 heavy (non-hydrogen) atoms. The smallest absolute Gasteiger partial charge is 0.166 e. The molecule has 38 heteroatoms.